The summed E-state index contributed by atoms with van der Waals surface area (Å²) in [7, 11) is 0. The van der Waals surface area contributed by atoms with Gasteiger partial charge in [0.1, 0.15) is 0 Å². The first-order chi connectivity index (χ1) is 9.81. The average molecular weight is 372 g/mol. The second-order valence-electron chi connectivity index (χ2n) is 4.31. The summed E-state index contributed by atoms with van der Waals surface area (Å²) in [6.07, 6.45) is -6.79. The molecule has 1 nitrogen and oxygen atoms in total. The zero-order chi connectivity index (χ0) is 19.1. The second-order valence-corrected chi connectivity index (χ2v) is 4.31. The van der Waals surface area contributed by atoms with E-state index in [1.807, 2.05) is 0 Å². The van der Waals surface area contributed by atoms with Gasteiger partial charge in [-0.15, -0.1) is 6.58 Å². The third-order valence-corrected chi connectivity index (χ3v) is 2.57. The maximum absolute atomic E-state index is 13.4. The fourth-order valence-electron chi connectivity index (χ4n) is 1.16. The first-order valence-corrected chi connectivity index (χ1v) is 5.33. The van der Waals surface area contributed by atoms with E-state index < -0.39 is 49.3 Å². The van der Waals surface area contributed by atoms with E-state index in [1.165, 1.54) is 0 Å². The van der Waals surface area contributed by atoms with Crippen molar-refractivity contribution in [2.24, 2.45) is 0 Å². The molecule has 1 unspecified atom stereocenters. The van der Waals surface area contributed by atoms with Crippen molar-refractivity contribution in [3.8, 4) is 0 Å². The fraction of sp³-hybridized carbons (Fsp3) is 0.800. The highest BCUT2D eigenvalue weighted by Gasteiger charge is 2.90. The highest BCUT2D eigenvalue weighted by atomic mass is 19.4. The fourth-order valence-corrected chi connectivity index (χ4v) is 1.16. The molecule has 0 saturated heterocycles. The molecule has 0 spiro atoms. The van der Waals surface area contributed by atoms with Crippen molar-refractivity contribution in [2.75, 3.05) is 6.61 Å². The Morgan fingerprint density at radius 2 is 1.04 bits per heavy atom. The lowest BCUT2D eigenvalue weighted by Gasteiger charge is -2.40. The van der Waals surface area contributed by atoms with Crippen LogP contribution in [0.25, 0.3) is 0 Å². The molecular weight excluding hydrogens is 364 g/mol. The lowest BCUT2D eigenvalue weighted by Crippen LogP contribution is -2.70. The summed E-state index contributed by atoms with van der Waals surface area (Å²) in [6, 6.07) is 0. The van der Waals surface area contributed by atoms with E-state index in [1.54, 1.807) is 0 Å². The van der Waals surface area contributed by atoms with Gasteiger partial charge in [0.15, 0.2) is 0 Å². The van der Waals surface area contributed by atoms with Crippen molar-refractivity contribution >= 4 is 0 Å². The van der Waals surface area contributed by atoms with Crippen LogP contribution >= 0.6 is 0 Å². The molecule has 13 heteroatoms. The van der Waals surface area contributed by atoms with Crippen molar-refractivity contribution in [2.45, 2.75) is 42.6 Å². The molecule has 0 aliphatic carbocycles. The van der Waals surface area contributed by atoms with Crippen LogP contribution in [0.5, 0.6) is 0 Å². The Kier molecular flexibility index (Phi) is 5.46. The van der Waals surface area contributed by atoms with E-state index in [2.05, 4.69) is 11.3 Å². The molecule has 0 aliphatic heterocycles. The van der Waals surface area contributed by atoms with E-state index in [-0.39, 0.29) is 0 Å². The molecule has 1 atom stereocenters. The van der Waals surface area contributed by atoms with Gasteiger partial charge in [-0.3, -0.25) is 0 Å². The summed E-state index contributed by atoms with van der Waals surface area (Å²) in [5.41, 5.74) is 0. The number of hydrogen-bond acceptors (Lipinski definition) is 1. The topological polar surface area (TPSA) is 9.23 Å². The quantitative estimate of drug-likeness (QED) is 0.453. The van der Waals surface area contributed by atoms with Gasteiger partial charge < -0.3 is 4.74 Å². The van der Waals surface area contributed by atoms with Gasteiger partial charge in [0.05, 0.1) is 6.61 Å². The van der Waals surface area contributed by atoms with Gasteiger partial charge in [-0.05, 0) is 0 Å². The van der Waals surface area contributed by atoms with Gasteiger partial charge >= 0.3 is 29.9 Å². The summed E-state index contributed by atoms with van der Waals surface area (Å²) in [4.78, 5) is 0. The van der Waals surface area contributed by atoms with Crippen molar-refractivity contribution in [3.63, 3.8) is 0 Å². The number of halogens is 12. The average Bonchev–Trinajstić information content (AvgIpc) is 2.34. The third-order valence-electron chi connectivity index (χ3n) is 2.57. The molecule has 0 amide bonds. The second kappa shape index (κ2) is 5.74. The Hall–Kier alpha value is -1.14. The summed E-state index contributed by atoms with van der Waals surface area (Å²) in [6.45, 7) is 1.00. The van der Waals surface area contributed by atoms with E-state index in [0.717, 1.165) is 0 Å². The minimum Gasteiger partial charge on any atom is -0.337 e. The van der Waals surface area contributed by atoms with Crippen LogP contribution in [0.3, 0.4) is 0 Å². The van der Waals surface area contributed by atoms with Crippen molar-refractivity contribution in [1.29, 1.82) is 0 Å². The normalized spacial score (nSPS) is 17.8. The predicted octanol–water partition coefficient (Wildman–Crippen LogP) is 4.98. The number of ether oxygens (including phenoxy) is 1. The smallest absolute Gasteiger partial charge is 0.337 e. The van der Waals surface area contributed by atoms with Crippen LogP contribution in [0.4, 0.5) is 52.7 Å². The van der Waals surface area contributed by atoms with Crippen LogP contribution in [0.15, 0.2) is 12.7 Å². The standard InChI is InChI=1S/C10H8F12O/c1-3-4-23-5(2,11)6(12,13)7(14,15)8(16,17)9(18,19)10(20,21)22/h3H,1,4H2,2H3. The van der Waals surface area contributed by atoms with Gasteiger partial charge in [0, 0.05) is 6.92 Å². The van der Waals surface area contributed by atoms with Crippen molar-refractivity contribution in [3.05, 3.63) is 12.7 Å². The van der Waals surface area contributed by atoms with E-state index >= 15 is 0 Å². The van der Waals surface area contributed by atoms with E-state index in [0.29, 0.717) is 6.08 Å². The van der Waals surface area contributed by atoms with Crippen LogP contribution in [-0.2, 0) is 4.74 Å². The Labute approximate surface area is 120 Å². The van der Waals surface area contributed by atoms with Crippen molar-refractivity contribution in [1.82, 2.24) is 0 Å². The molecule has 0 aromatic heterocycles. The molecule has 0 fully saturated rings. The molecule has 0 heterocycles. The Morgan fingerprint density at radius 3 is 1.35 bits per heavy atom. The first kappa shape index (κ1) is 21.9. The minimum atomic E-state index is -7.67. The van der Waals surface area contributed by atoms with Crippen LogP contribution in [0, 0.1) is 0 Å². The lowest BCUT2D eigenvalue weighted by molar-refractivity contribution is -0.446. The summed E-state index contributed by atoms with van der Waals surface area (Å²) < 4.78 is 156. The van der Waals surface area contributed by atoms with Crippen molar-refractivity contribution < 1.29 is 57.4 Å². The summed E-state index contributed by atoms with van der Waals surface area (Å²) >= 11 is 0. The molecule has 0 bridgehead atoms. The molecule has 0 radical (unpaired) electrons. The van der Waals surface area contributed by atoms with E-state index in [9.17, 15) is 52.7 Å². The Balaban J connectivity index is 6.08. The molecule has 0 N–H and O–H groups in total. The maximum atomic E-state index is 13.4. The number of hydrogen-bond donors (Lipinski definition) is 0. The molecule has 0 rings (SSSR count). The third kappa shape index (κ3) is 3.11. The molecular formula is C10H8F12O. The first-order valence-electron chi connectivity index (χ1n) is 5.33. The van der Waals surface area contributed by atoms with Crippen LogP contribution in [0.1, 0.15) is 6.92 Å². The number of alkyl halides is 12. The molecule has 138 valence electrons. The predicted molar refractivity (Wildman–Crippen MR) is 51.5 cm³/mol. The molecule has 0 aliphatic rings. The summed E-state index contributed by atoms with van der Waals surface area (Å²) in [5, 5.41) is 0. The molecule has 23 heavy (non-hydrogen) atoms. The van der Waals surface area contributed by atoms with Gasteiger partial charge in [-0.1, -0.05) is 6.08 Å². The largest absolute Gasteiger partial charge is 0.460 e. The Morgan fingerprint density at radius 1 is 0.696 bits per heavy atom. The zero-order valence-electron chi connectivity index (χ0n) is 10.9. The van der Waals surface area contributed by atoms with Crippen LogP contribution in [-0.4, -0.2) is 42.3 Å². The van der Waals surface area contributed by atoms with Gasteiger partial charge in [-0.25, -0.2) is 4.39 Å². The number of rotatable bonds is 7. The molecule has 0 aromatic rings. The van der Waals surface area contributed by atoms with Gasteiger partial charge in [-0.2, -0.15) is 48.3 Å². The van der Waals surface area contributed by atoms with Crippen LogP contribution < -0.4 is 0 Å². The maximum Gasteiger partial charge on any atom is 0.460 e. The highest BCUT2D eigenvalue weighted by molar-refractivity contribution is 5.09. The summed E-state index contributed by atoms with van der Waals surface area (Å²) in [5.74, 6) is -34.4. The lowest BCUT2D eigenvalue weighted by atomic mass is 9.94. The van der Waals surface area contributed by atoms with Gasteiger partial charge in [0.25, 0.3) is 5.85 Å². The van der Waals surface area contributed by atoms with Crippen LogP contribution in [0.2, 0.25) is 0 Å². The molecule has 0 aromatic carbocycles. The zero-order valence-corrected chi connectivity index (χ0v) is 10.9. The monoisotopic (exact) mass is 372 g/mol. The Bertz CT molecular complexity index is 436. The SMILES string of the molecule is C=CCOC(C)(F)C(F)(F)C(F)(F)C(F)(F)C(F)(F)C(F)(F)F. The van der Waals surface area contributed by atoms with Gasteiger partial charge in [0.2, 0.25) is 0 Å². The molecule has 0 saturated carbocycles. The van der Waals surface area contributed by atoms with E-state index in [4.69, 9.17) is 0 Å². The minimum absolute atomic E-state index is 0.508. The highest BCUT2D eigenvalue weighted by Crippen LogP contribution is 2.59.